The average molecular weight is 338 g/mol. The Labute approximate surface area is 128 Å². The van der Waals surface area contributed by atoms with Crippen LogP contribution in [0.5, 0.6) is 5.75 Å². The molecule has 1 N–H and O–H groups in total. The second-order valence-corrected chi connectivity index (χ2v) is 6.77. The summed E-state index contributed by atoms with van der Waals surface area (Å²) in [6, 6.07) is 7.98. The van der Waals surface area contributed by atoms with E-state index in [2.05, 4.69) is 21.2 Å². The van der Waals surface area contributed by atoms with Crippen molar-refractivity contribution in [2.24, 2.45) is 11.3 Å². The molecule has 0 spiro atoms. The van der Waals surface area contributed by atoms with Crippen LogP contribution in [0.1, 0.15) is 24.8 Å². The molecule has 1 aromatic carbocycles. The van der Waals surface area contributed by atoms with Gasteiger partial charge in [-0.25, -0.2) is 0 Å². The smallest absolute Gasteiger partial charge is 0.226 e. The maximum absolute atomic E-state index is 12.3. The fraction of sp³-hybridized carbons (Fsp3) is 0.562. The molecule has 1 aliphatic carbocycles. The van der Waals surface area contributed by atoms with Crippen LogP contribution in [0, 0.1) is 11.3 Å². The highest BCUT2D eigenvalue weighted by atomic mass is 79.9. The number of benzene rings is 1. The predicted octanol–water partition coefficient (Wildman–Crippen LogP) is 2.92. The van der Waals surface area contributed by atoms with E-state index in [0.29, 0.717) is 12.0 Å². The number of fused-ring (bicyclic) bond motifs is 1. The molecular formula is C16H20BrNO2. The molecule has 1 aliphatic heterocycles. The van der Waals surface area contributed by atoms with Gasteiger partial charge in [0.25, 0.3) is 0 Å². The lowest BCUT2D eigenvalue weighted by atomic mass is 9.95. The number of nitrogens with one attached hydrogen (secondary N) is 1. The molecule has 1 amide bonds. The number of para-hydroxylation sites is 1. The van der Waals surface area contributed by atoms with Crippen LogP contribution in [0.3, 0.4) is 0 Å². The first-order valence-corrected chi connectivity index (χ1v) is 8.39. The molecule has 108 valence electrons. The van der Waals surface area contributed by atoms with E-state index in [4.69, 9.17) is 4.74 Å². The average Bonchev–Trinajstić information content (AvgIpc) is 3.25. The van der Waals surface area contributed by atoms with Crippen molar-refractivity contribution in [2.75, 3.05) is 18.5 Å². The van der Waals surface area contributed by atoms with Crippen LogP contribution < -0.4 is 10.1 Å². The first-order chi connectivity index (χ1) is 9.72. The molecule has 1 unspecified atom stereocenters. The van der Waals surface area contributed by atoms with Crippen molar-refractivity contribution < 1.29 is 9.53 Å². The summed E-state index contributed by atoms with van der Waals surface area (Å²) in [6.45, 7) is 1.31. The highest BCUT2D eigenvalue weighted by Gasteiger charge is 2.42. The van der Waals surface area contributed by atoms with E-state index in [0.717, 1.165) is 36.0 Å². The quantitative estimate of drug-likeness (QED) is 0.839. The Hall–Kier alpha value is -1.03. The second kappa shape index (κ2) is 5.76. The molecule has 1 fully saturated rings. The molecule has 1 heterocycles. The second-order valence-electron chi connectivity index (χ2n) is 5.98. The summed E-state index contributed by atoms with van der Waals surface area (Å²) < 4.78 is 5.68. The van der Waals surface area contributed by atoms with Gasteiger partial charge in [-0.1, -0.05) is 34.1 Å². The Bertz CT molecular complexity index is 499. The summed E-state index contributed by atoms with van der Waals surface area (Å²) in [5.41, 5.74) is 1.51. The fourth-order valence-electron chi connectivity index (χ4n) is 2.81. The van der Waals surface area contributed by atoms with Gasteiger partial charge >= 0.3 is 0 Å². The van der Waals surface area contributed by atoms with Gasteiger partial charge < -0.3 is 10.1 Å². The lowest BCUT2D eigenvalue weighted by Gasteiger charge is -2.25. The molecule has 0 aromatic heterocycles. The van der Waals surface area contributed by atoms with E-state index in [1.54, 1.807) is 0 Å². The lowest BCUT2D eigenvalue weighted by molar-refractivity contribution is -0.126. The van der Waals surface area contributed by atoms with Gasteiger partial charge in [0.15, 0.2) is 0 Å². The van der Waals surface area contributed by atoms with Gasteiger partial charge in [0, 0.05) is 11.9 Å². The van der Waals surface area contributed by atoms with Crippen LogP contribution in [0.2, 0.25) is 0 Å². The van der Waals surface area contributed by atoms with Crippen LogP contribution in [0.4, 0.5) is 0 Å². The van der Waals surface area contributed by atoms with Crippen LogP contribution in [0.25, 0.3) is 0 Å². The number of carbonyl (C=O) groups is 1. The minimum Gasteiger partial charge on any atom is -0.492 e. The predicted molar refractivity (Wildman–Crippen MR) is 82.2 cm³/mol. The van der Waals surface area contributed by atoms with Gasteiger partial charge in [0.05, 0.1) is 5.92 Å². The SMILES string of the molecule is O=C(NCC1(CCBr)CC1)C1COc2ccccc2C1. The van der Waals surface area contributed by atoms with Crippen molar-refractivity contribution in [3.05, 3.63) is 29.8 Å². The van der Waals surface area contributed by atoms with Crippen molar-refractivity contribution in [3.63, 3.8) is 0 Å². The number of rotatable bonds is 5. The Morgan fingerprint density at radius 2 is 2.20 bits per heavy atom. The van der Waals surface area contributed by atoms with E-state index in [-0.39, 0.29) is 11.8 Å². The molecule has 3 nitrogen and oxygen atoms in total. The molecule has 0 bridgehead atoms. The zero-order valence-electron chi connectivity index (χ0n) is 11.5. The van der Waals surface area contributed by atoms with Gasteiger partial charge in [-0.3, -0.25) is 4.79 Å². The summed E-state index contributed by atoms with van der Waals surface area (Å²) in [5.74, 6) is 1.01. The molecule has 4 heteroatoms. The molecule has 0 radical (unpaired) electrons. The van der Waals surface area contributed by atoms with Gasteiger partial charge in [0.1, 0.15) is 12.4 Å². The zero-order chi connectivity index (χ0) is 14.0. The molecule has 1 atom stereocenters. The summed E-state index contributed by atoms with van der Waals surface area (Å²) in [4.78, 5) is 12.3. The third-order valence-electron chi connectivity index (χ3n) is 4.47. The molecular weight excluding hydrogens is 318 g/mol. The monoisotopic (exact) mass is 337 g/mol. The summed E-state index contributed by atoms with van der Waals surface area (Å²) in [7, 11) is 0. The molecule has 1 saturated carbocycles. The van der Waals surface area contributed by atoms with Crippen molar-refractivity contribution in [2.45, 2.75) is 25.7 Å². The number of carbonyl (C=O) groups excluding carboxylic acids is 1. The zero-order valence-corrected chi connectivity index (χ0v) is 13.1. The summed E-state index contributed by atoms with van der Waals surface area (Å²) in [5, 5.41) is 4.15. The maximum Gasteiger partial charge on any atom is 0.226 e. The van der Waals surface area contributed by atoms with Gasteiger partial charge in [-0.15, -0.1) is 0 Å². The highest BCUT2D eigenvalue weighted by Crippen LogP contribution is 2.48. The Morgan fingerprint density at radius 1 is 1.40 bits per heavy atom. The van der Waals surface area contributed by atoms with Crippen molar-refractivity contribution in [1.82, 2.24) is 5.32 Å². The molecule has 1 aromatic rings. The topological polar surface area (TPSA) is 38.3 Å². The molecule has 20 heavy (non-hydrogen) atoms. The van der Waals surface area contributed by atoms with E-state index in [1.165, 1.54) is 12.8 Å². The molecule has 3 rings (SSSR count). The number of ether oxygens (including phenoxy) is 1. The van der Waals surface area contributed by atoms with Crippen LogP contribution in [0.15, 0.2) is 24.3 Å². The number of hydrogen-bond acceptors (Lipinski definition) is 2. The molecule has 0 saturated heterocycles. The standard InChI is InChI=1S/C16H20BrNO2/c17-8-7-16(5-6-16)11-18-15(19)13-9-12-3-1-2-4-14(12)20-10-13/h1-4,13H,5-11H2,(H,18,19). The third-order valence-corrected chi connectivity index (χ3v) is 4.87. The maximum atomic E-state index is 12.3. The van der Waals surface area contributed by atoms with Crippen molar-refractivity contribution >= 4 is 21.8 Å². The Balaban J connectivity index is 1.54. The van der Waals surface area contributed by atoms with Crippen LogP contribution in [-0.2, 0) is 11.2 Å². The number of amides is 1. The van der Waals surface area contributed by atoms with E-state index < -0.39 is 0 Å². The first-order valence-electron chi connectivity index (χ1n) is 7.27. The van der Waals surface area contributed by atoms with E-state index >= 15 is 0 Å². The van der Waals surface area contributed by atoms with Gasteiger partial charge in [-0.05, 0) is 42.7 Å². The van der Waals surface area contributed by atoms with Gasteiger partial charge in [-0.2, -0.15) is 0 Å². The molecule has 2 aliphatic rings. The summed E-state index contributed by atoms with van der Waals surface area (Å²) >= 11 is 3.49. The van der Waals surface area contributed by atoms with E-state index in [9.17, 15) is 4.79 Å². The summed E-state index contributed by atoms with van der Waals surface area (Å²) in [6.07, 6.45) is 4.41. The first kappa shape index (κ1) is 13.9. The van der Waals surface area contributed by atoms with Gasteiger partial charge in [0.2, 0.25) is 5.91 Å². The van der Waals surface area contributed by atoms with Crippen molar-refractivity contribution in [1.29, 1.82) is 0 Å². The largest absolute Gasteiger partial charge is 0.492 e. The number of hydrogen-bond donors (Lipinski definition) is 1. The van der Waals surface area contributed by atoms with E-state index in [1.807, 2.05) is 24.3 Å². The third kappa shape index (κ3) is 3.00. The van der Waals surface area contributed by atoms with Crippen molar-refractivity contribution in [3.8, 4) is 5.75 Å². The van der Waals surface area contributed by atoms with Crippen LogP contribution in [-0.4, -0.2) is 24.4 Å². The lowest BCUT2D eigenvalue weighted by Crippen LogP contribution is -2.40. The normalized spacial score (nSPS) is 22.6. The van der Waals surface area contributed by atoms with Crippen LogP contribution >= 0.6 is 15.9 Å². The number of halogens is 1. The minimum absolute atomic E-state index is 0.0512. The number of alkyl halides is 1. The fourth-order valence-corrected chi connectivity index (χ4v) is 3.65. The minimum atomic E-state index is -0.0512. The Morgan fingerprint density at radius 3 is 2.95 bits per heavy atom. The Kier molecular flexibility index (Phi) is 4.01. The highest BCUT2D eigenvalue weighted by molar-refractivity contribution is 9.09.